The highest BCUT2D eigenvalue weighted by Gasteiger charge is 2.06. The number of nitriles is 1. The van der Waals surface area contributed by atoms with Gasteiger partial charge in [-0.2, -0.15) is 5.26 Å². The van der Waals surface area contributed by atoms with Crippen LogP contribution in [0.2, 0.25) is 10.0 Å². The molecule has 2 rings (SSSR count). The second-order valence-electron chi connectivity index (χ2n) is 3.46. The van der Waals surface area contributed by atoms with Gasteiger partial charge in [0.15, 0.2) is 0 Å². The van der Waals surface area contributed by atoms with Crippen LogP contribution in [0.15, 0.2) is 40.9 Å². The Balaban J connectivity index is 2.34. The lowest BCUT2D eigenvalue weighted by Gasteiger charge is -2.08. The van der Waals surface area contributed by atoms with Gasteiger partial charge >= 0.3 is 0 Å². The molecule has 90 valence electrons. The molecule has 0 unspecified atom stereocenters. The first kappa shape index (κ1) is 13.2. The average molecular weight is 343 g/mol. The molecule has 2 aromatic rings. The predicted octanol–water partition coefficient (Wildman–Crippen LogP) is 5.42. The van der Waals surface area contributed by atoms with Crippen molar-refractivity contribution in [3.63, 3.8) is 0 Å². The van der Waals surface area contributed by atoms with Crippen molar-refractivity contribution in [2.75, 3.05) is 0 Å². The molecule has 18 heavy (non-hydrogen) atoms. The fraction of sp³-hybridized carbons (Fsp3) is 0. The summed E-state index contributed by atoms with van der Waals surface area (Å²) in [5, 5.41) is 9.83. The van der Waals surface area contributed by atoms with E-state index in [9.17, 15) is 0 Å². The Morgan fingerprint density at radius 3 is 2.56 bits per heavy atom. The minimum Gasteiger partial charge on any atom is -0.456 e. The monoisotopic (exact) mass is 341 g/mol. The molecule has 0 radical (unpaired) electrons. The van der Waals surface area contributed by atoms with E-state index in [0.717, 1.165) is 4.47 Å². The number of ether oxygens (including phenoxy) is 1. The van der Waals surface area contributed by atoms with Crippen molar-refractivity contribution in [3.8, 4) is 17.6 Å². The number of nitrogens with zero attached hydrogens (tertiary/aromatic N) is 1. The molecule has 5 heteroatoms. The molecule has 0 aromatic heterocycles. The largest absolute Gasteiger partial charge is 0.456 e. The van der Waals surface area contributed by atoms with Crippen molar-refractivity contribution in [3.05, 3.63) is 56.5 Å². The molecule has 0 spiro atoms. The van der Waals surface area contributed by atoms with E-state index in [1.54, 1.807) is 36.4 Å². The minimum atomic E-state index is 0.418. The average Bonchev–Trinajstić information content (AvgIpc) is 2.32. The summed E-state index contributed by atoms with van der Waals surface area (Å²) in [4.78, 5) is 0. The molecule has 0 bridgehead atoms. The van der Waals surface area contributed by atoms with Crippen LogP contribution in [-0.2, 0) is 0 Å². The number of hydrogen-bond acceptors (Lipinski definition) is 2. The molecule has 0 N–H and O–H groups in total. The molecule has 0 heterocycles. The highest BCUT2D eigenvalue weighted by molar-refractivity contribution is 9.10. The van der Waals surface area contributed by atoms with Gasteiger partial charge in [0, 0.05) is 9.50 Å². The molecular formula is C13H6BrCl2NO. The first-order valence-electron chi connectivity index (χ1n) is 4.92. The Labute approximate surface area is 123 Å². The quantitative estimate of drug-likeness (QED) is 0.730. The van der Waals surface area contributed by atoms with Crippen molar-refractivity contribution in [2.45, 2.75) is 0 Å². The number of hydrogen-bond donors (Lipinski definition) is 0. The van der Waals surface area contributed by atoms with Crippen molar-refractivity contribution in [1.82, 2.24) is 0 Å². The highest BCUT2D eigenvalue weighted by atomic mass is 79.9. The van der Waals surface area contributed by atoms with Gasteiger partial charge in [-0.15, -0.1) is 0 Å². The van der Waals surface area contributed by atoms with Gasteiger partial charge in [-0.05, 0) is 36.4 Å². The summed E-state index contributed by atoms with van der Waals surface area (Å²) in [5.74, 6) is 1.02. The molecule has 2 aromatic carbocycles. The Morgan fingerprint density at radius 2 is 1.89 bits per heavy atom. The minimum absolute atomic E-state index is 0.418. The standard InChI is InChI=1S/C13H6BrCl2NO/c14-9-3-8(7-17)4-11(5-9)18-13-2-1-10(15)6-12(13)16/h1-6H. The van der Waals surface area contributed by atoms with Gasteiger partial charge < -0.3 is 4.74 Å². The molecule has 0 aliphatic rings. The summed E-state index contributed by atoms with van der Waals surface area (Å²) in [6, 6.07) is 12.1. The van der Waals surface area contributed by atoms with Gasteiger partial charge in [-0.1, -0.05) is 39.1 Å². The van der Waals surface area contributed by atoms with Gasteiger partial charge in [0.1, 0.15) is 11.5 Å². The summed E-state index contributed by atoms with van der Waals surface area (Å²) in [6.07, 6.45) is 0. The first-order valence-corrected chi connectivity index (χ1v) is 6.47. The number of rotatable bonds is 2. The Bertz CT molecular complexity index is 637. The van der Waals surface area contributed by atoms with Gasteiger partial charge in [-0.3, -0.25) is 0 Å². The van der Waals surface area contributed by atoms with E-state index in [2.05, 4.69) is 22.0 Å². The Kier molecular flexibility index (Phi) is 4.13. The van der Waals surface area contributed by atoms with Crippen LogP contribution in [0.4, 0.5) is 0 Å². The molecule has 0 aliphatic heterocycles. The maximum Gasteiger partial charge on any atom is 0.146 e. The number of halogens is 3. The SMILES string of the molecule is N#Cc1cc(Br)cc(Oc2ccc(Cl)cc2Cl)c1. The van der Waals surface area contributed by atoms with Crippen LogP contribution in [0.3, 0.4) is 0 Å². The third-order valence-corrected chi connectivity index (χ3v) is 3.11. The fourth-order valence-corrected chi connectivity index (χ4v) is 2.29. The van der Waals surface area contributed by atoms with E-state index in [1.165, 1.54) is 0 Å². The normalized spacial score (nSPS) is 9.89. The Hall–Kier alpha value is -1.21. The maximum absolute atomic E-state index is 8.87. The van der Waals surface area contributed by atoms with Gasteiger partial charge in [-0.25, -0.2) is 0 Å². The van der Waals surface area contributed by atoms with E-state index in [0.29, 0.717) is 27.1 Å². The second kappa shape index (κ2) is 5.62. The van der Waals surface area contributed by atoms with Crippen molar-refractivity contribution in [1.29, 1.82) is 5.26 Å². The van der Waals surface area contributed by atoms with Crippen LogP contribution in [-0.4, -0.2) is 0 Å². The molecule has 0 atom stereocenters. The summed E-state index contributed by atoms with van der Waals surface area (Å²) >= 11 is 15.1. The van der Waals surface area contributed by atoms with E-state index in [1.807, 2.05) is 0 Å². The molecule has 2 nitrogen and oxygen atoms in total. The zero-order valence-electron chi connectivity index (χ0n) is 8.95. The first-order chi connectivity index (χ1) is 8.58. The van der Waals surface area contributed by atoms with Crippen LogP contribution in [0.5, 0.6) is 11.5 Å². The van der Waals surface area contributed by atoms with Crippen LogP contribution >= 0.6 is 39.1 Å². The summed E-state index contributed by atoms with van der Waals surface area (Å²) in [5.41, 5.74) is 0.504. The number of benzene rings is 2. The lowest BCUT2D eigenvalue weighted by molar-refractivity contribution is 0.482. The third kappa shape index (κ3) is 3.17. The predicted molar refractivity (Wildman–Crippen MR) is 75.4 cm³/mol. The Morgan fingerprint density at radius 1 is 1.11 bits per heavy atom. The van der Waals surface area contributed by atoms with Crippen LogP contribution in [0.25, 0.3) is 0 Å². The zero-order chi connectivity index (χ0) is 13.1. The van der Waals surface area contributed by atoms with E-state index >= 15 is 0 Å². The summed E-state index contributed by atoms with van der Waals surface area (Å²) in [7, 11) is 0. The van der Waals surface area contributed by atoms with E-state index in [4.69, 9.17) is 33.2 Å². The van der Waals surface area contributed by atoms with Crippen molar-refractivity contribution >= 4 is 39.1 Å². The smallest absolute Gasteiger partial charge is 0.146 e. The van der Waals surface area contributed by atoms with Crippen LogP contribution in [0.1, 0.15) is 5.56 Å². The third-order valence-electron chi connectivity index (χ3n) is 2.12. The second-order valence-corrected chi connectivity index (χ2v) is 5.22. The molecular weight excluding hydrogens is 337 g/mol. The summed E-state index contributed by atoms with van der Waals surface area (Å²) < 4.78 is 6.38. The lowest BCUT2D eigenvalue weighted by Crippen LogP contribution is -1.87. The van der Waals surface area contributed by atoms with Crippen LogP contribution < -0.4 is 4.74 Å². The van der Waals surface area contributed by atoms with Crippen molar-refractivity contribution < 1.29 is 4.74 Å². The molecule has 0 saturated carbocycles. The van der Waals surface area contributed by atoms with E-state index < -0.39 is 0 Å². The van der Waals surface area contributed by atoms with Gasteiger partial charge in [0.25, 0.3) is 0 Å². The van der Waals surface area contributed by atoms with Crippen molar-refractivity contribution in [2.24, 2.45) is 0 Å². The summed E-state index contributed by atoms with van der Waals surface area (Å²) in [6.45, 7) is 0. The maximum atomic E-state index is 8.87. The topological polar surface area (TPSA) is 33.0 Å². The molecule has 0 saturated heterocycles. The van der Waals surface area contributed by atoms with Crippen LogP contribution in [0, 0.1) is 11.3 Å². The molecule has 0 fully saturated rings. The van der Waals surface area contributed by atoms with Gasteiger partial charge in [0.05, 0.1) is 16.7 Å². The molecule has 0 amide bonds. The van der Waals surface area contributed by atoms with Gasteiger partial charge in [0.2, 0.25) is 0 Å². The lowest BCUT2D eigenvalue weighted by atomic mass is 10.2. The molecule has 0 aliphatic carbocycles. The highest BCUT2D eigenvalue weighted by Crippen LogP contribution is 2.32. The zero-order valence-corrected chi connectivity index (χ0v) is 12.1. The fourth-order valence-electron chi connectivity index (χ4n) is 1.37. The van der Waals surface area contributed by atoms with E-state index in [-0.39, 0.29) is 0 Å².